The van der Waals surface area contributed by atoms with Gasteiger partial charge in [-0.3, -0.25) is 4.40 Å². The number of fused-ring (bicyclic) bond motifs is 1. The summed E-state index contributed by atoms with van der Waals surface area (Å²) in [4.78, 5) is 5.74. The first-order chi connectivity index (χ1) is 9.11. The predicted molar refractivity (Wildman–Crippen MR) is 82.1 cm³/mol. The number of hydrogen-bond acceptors (Lipinski definition) is 5. The van der Waals surface area contributed by atoms with Crippen LogP contribution in [0.5, 0.6) is 0 Å². The van der Waals surface area contributed by atoms with Crippen molar-refractivity contribution in [2.45, 2.75) is 50.1 Å². The predicted octanol–water partition coefficient (Wildman–Crippen LogP) is 2.76. The van der Waals surface area contributed by atoms with Crippen LogP contribution < -0.4 is 5.32 Å². The summed E-state index contributed by atoms with van der Waals surface area (Å²) in [6, 6.07) is 0.455. The molecule has 0 bridgehead atoms. The van der Waals surface area contributed by atoms with Crippen molar-refractivity contribution in [3.05, 3.63) is 17.3 Å². The molecule has 2 aromatic rings. The highest BCUT2D eigenvalue weighted by Crippen LogP contribution is 2.30. The van der Waals surface area contributed by atoms with E-state index in [4.69, 9.17) is 10.1 Å². The van der Waals surface area contributed by atoms with Gasteiger partial charge in [0.05, 0.1) is 5.69 Å². The number of aliphatic hydroxyl groups excluding tert-OH is 1. The molecule has 19 heavy (non-hydrogen) atoms. The van der Waals surface area contributed by atoms with Crippen molar-refractivity contribution in [3.63, 3.8) is 0 Å². The minimum absolute atomic E-state index is 0.232. The second-order valence-electron chi connectivity index (χ2n) is 4.90. The van der Waals surface area contributed by atoms with Crippen LogP contribution in [0, 0.1) is 0 Å². The van der Waals surface area contributed by atoms with Crippen molar-refractivity contribution in [3.8, 4) is 0 Å². The molecule has 0 saturated carbocycles. The number of rotatable bonds is 7. The van der Waals surface area contributed by atoms with E-state index < -0.39 is 0 Å². The van der Waals surface area contributed by atoms with Gasteiger partial charge in [-0.15, -0.1) is 23.1 Å². The Bertz CT molecular complexity index is 521. The fourth-order valence-electron chi connectivity index (χ4n) is 1.80. The zero-order valence-corrected chi connectivity index (χ0v) is 13.2. The number of aliphatic hydroxyl groups is 1. The third-order valence-electron chi connectivity index (χ3n) is 2.85. The second kappa shape index (κ2) is 6.74. The van der Waals surface area contributed by atoms with Crippen molar-refractivity contribution in [2.24, 2.45) is 0 Å². The van der Waals surface area contributed by atoms with Gasteiger partial charge in [0.15, 0.2) is 4.96 Å². The number of imidazole rings is 1. The first kappa shape index (κ1) is 14.8. The van der Waals surface area contributed by atoms with Gasteiger partial charge >= 0.3 is 0 Å². The number of aromatic nitrogens is 2. The molecular weight excluding hydrogens is 278 g/mol. The highest BCUT2D eigenvalue weighted by Gasteiger charge is 2.16. The van der Waals surface area contributed by atoms with Crippen LogP contribution in [0.1, 0.15) is 32.9 Å². The second-order valence-corrected chi connectivity index (χ2v) is 7.20. The Morgan fingerprint density at radius 1 is 1.47 bits per heavy atom. The Morgan fingerprint density at radius 2 is 2.26 bits per heavy atom. The van der Waals surface area contributed by atoms with Gasteiger partial charge in [0, 0.05) is 36.0 Å². The van der Waals surface area contributed by atoms with Crippen LogP contribution in [-0.4, -0.2) is 32.4 Å². The summed E-state index contributed by atoms with van der Waals surface area (Å²) >= 11 is 3.41. The maximum Gasteiger partial charge on any atom is 0.194 e. The highest BCUT2D eigenvalue weighted by atomic mass is 32.2. The van der Waals surface area contributed by atoms with Crippen molar-refractivity contribution in [1.82, 2.24) is 14.7 Å². The van der Waals surface area contributed by atoms with Gasteiger partial charge in [-0.25, -0.2) is 4.98 Å². The van der Waals surface area contributed by atoms with Crippen LogP contribution in [0.25, 0.3) is 4.96 Å². The SMILES string of the molecule is CC(C)NCc1c(SC(C)CCO)nc2sccn12. The molecule has 106 valence electrons. The fourth-order valence-corrected chi connectivity index (χ4v) is 3.64. The van der Waals surface area contributed by atoms with E-state index in [2.05, 4.69) is 42.1 Å². The lowest BCUT2D eigenvalue weighted by atomic mass is 10.3. The minimum atomic E-state index is 0.232. The molecule has 2 heterocycles. The van der Waals surface area contributed by atoms with Gasteiger partial charge in [0.25, 0.3) is 0 Å². The van der Waals surface area contributed by atoms with E-state index in [1.54, 1.807) is 23.1 Å². The standard InChI is InChI=1S/C13H21N3OS2/c1-9(2)14-8-11-12(19-10(3)4-6-17)15-13-16(11)5-7-18-13/h5,7,9-10,14,17H,4,6,8H2,1-3H3. The largest absolute Gasteiger partial charge is 0.396 e. The first-order valence-corrected chi connectivity index (χ1v) is 8.33. The van der Waals surface area contributed by atoms with Crippen molar-refractivity contribution >= 4 is 28.1 Å². The monoisotopic (exact) mass is 299 g/mol. The third kappa shape index (κ3) is 3.72. The Morgan fingerprint density at radius 3 is 2.95 bits per heavy atom. The third-order valence-corrected chi connectivity index (χ3v) is 4.80. The Labute approximate surface area is 122 Å². The van der Waals surface area contributed by atoms with Gasteiger partial charge in [0.1, 0.15) is 5.03 Å². The van der Waals surface area contributed by atoms with Crippen LogP contribution in [0.4, 0.5) is 0 Å². The molecule has 0 spiro atoms. The average molecular weight is 299 g/mol. The molecule has 0 aromatic carbocycles. The molecule has 0 aliphatic heterocycles. The molecule has 6 heteroatoms. The quantitative estimate of drug-likeness (QED) is 0.772. The lowest BCUT2D eigenvalue weighted by molar-refractivity contribution is 0.289. The summed E-state index contributed by atoms with van der Waals surface area (Å²) in [5, 5.41) is 16.0. The first-order valence-electron chi connectivity index (χ1n) is 6.57. The molecule has 2 rings (SSSR count). The van der Waals surface area contributed by atoms with Gasteiger partial charge < -0.3 is 10.4 Å². The highest BCUT2D eigenvalue weighted by molar-refractivity contribution is 7.99. The van der Waals surface area contributed by atoms with Crippen LogP contribution in [0.2, 0.25) is 0 Å². The summed E-state index contributed by atoms with van der Waals surface area (Å²) in [6.07, 6.45) is 2.87. The molecular formula is C13H21N3OS2. The molecule has 0 saturated heterocycles. The molecule has 1 atom stereocenters. The van der Waals surface area contributed by atoms with Crippen LogP contribution in [-0.2, 0) is 6.54 Å². The summed E-state index contributed by atoms with van der Waals surface area (Å²) < 4.78 is 2.16. The maximum atomic E-state index is 9.01. The van der Waals surface area contributed by atoms with E-state index in [0.717, 1.165) is 23.0 Å². The molecule has 0 aliphatic carbocycles. The zero-order chi connectivity index (χ0) is 13.8. The molecule has 0 aliphatic rings. The van der Waals surface area contributed by atoms with Gasteiger partial charge in [-0.1, -0.05) is 20.8 Å². The molecule has 2 N–H and O–H groups in total. The topological polar surface area (TPSA) is 49.6 Å². The normalized spacial score (nSPS) is 13.5. The smallest absolute Gasteiger partial charge is 0.194 e. The fraction of sp³-hybridized carbons (Fsp3) is 0.615. The molecule has 2 aromatic heterocycles. The summed E-state index contributed by atoms with van der Waals surface area (Å²) in [5.74, 6) is 0. The lowest BCUT2D eigenvalue weighted by Crippen LogP contribution is -2.23. The van der Waals surface area contributed by atoms with Gasteiger partial charge in [-0.05, 0) is 6.42 Å². The van der Waals surface area contributed by atoms with Crippen molar-refractivity contribution in [1.29, 1.82) is 0 Å². The van der Waals surface area contributed by atoms with E-state index in [0.29, 0.717) is 11.3 Å². The Hall–Kier alpha value is -0.560. The average Bonchev–Trinajstić information content (AvgIpc) is 2.87. The number of nitrogens with one attached hydrogen (secondary N) is 1. The van der Waals surface area contributed by atoms with Crippen LogP contribution in [0.3, 0.4) is 0 Å². The Balaban J connectivity index is 2.20. The molecule has 4 nitrogen and oxygen atoms in total. The van der Waals surface area contributed by atoms with Gasteiger partial charge in [-0.2, -0.15) is 0 Å². The van der Waals surface area contributed by atoms with E-state index in [9.17, 15) is 0 Å². The van der Waals surface area contributed by atoms with E-state index in [1.165, 1.54) is 5.69 Å². The molecule has 1 unspecified atom stereocenters. The van der Waals surface area contributed by atoms with E-state index in [1.807, 2.05) is 0 Å². The Kier molecular flexibility index (Phi) is 5.27. The number of nitrogens with zero attached hydrogens (tertiary/aromatic N) is 2. The summed E-state index contributed by atoms with van der Waals surface area (Å²) in [6.45, 7) is 7.48. The van der Waals surface area contributed by atoms with Crippen LogP contribution >= 0.6 is 23.1 Å². The van der Waals surface area contributed by atoms with E-state index in [-0.39, 0.29) is 6.61 Å². The number of hydrogen-bond donors (Lipinski definition) is 2. The maximum absolute atomic E-state index is 9.01. The summed E-state index contributed by atoms with van der Waals surface area (Å²) in [5.41, 5.74) is 1.22. The molecule has 0 fully saturated rings. The van der Waals surface area contributed by atoms with Crippen molar-refractivity contribution < 1.29 is 5.11 Å². The van der Waals surface area contributed by atoms with E-state index >= 15 is 0 Å². The van der Waals surface area contributed by atoms with Crippen molar-refractivity contribution in [2.75, 3.05) is 6.61 Å². The molecule has 0 amide bonds. The number of thiazole rings is 1. The zero-order valence-electron chi connectivity index (χ0n) is 11.6. The number of thioether (sulfide) groups is 1. The van der Waals surface area contributed by atoms with Crippen LogP contribution in [0.15, 0.2) is 16.6 Å². The minimum Gasteiger partial charge on any atom is -0.396 e. The summed E-state index contributed by atoms with van der Waals surface area (Å²) in [7, 11) is 0. The van der Waals surface area contributed by atoms with Gasteiger partial charge in [0.2, 0.25) is 0 Å². The molecule has 0 radical (unpaired) electrons. The lowest BCUT2D eigenvalue weighted by Gasteiger charge is -2.11.